The van der Waals surface area contributed by atoms with Gasteiger partial charge in [-0.2, -0.15) is 0 Å². The van der Waals surface area contributed by atoms with Gasteiger partial charge in [-0.3, -0.25) is 0 Å². The van der Waals surface area contributed by atoms with Gasteiger partial charge in [-0.05, 0) is 81.0 Å². The summed E-state index contributed by atoms with van der Waals surface area (Å²) in [5, 5.41) is 0. The molecule has 0 fully saturated rings. The van der Waals surface area contributed by atoms with Crippen molar-refractivity contribution in [2.75, 3.05) is 0 Å². The molecule has 2 aromatic rings. The van der Waals surface area contributed by atoms with Crippen LogP contribution in [0.5, 0.6) is 0 Å². The number of hydrogen-bond donors (Lipinski definition) is 1. The van der Waals surface area contributed by atoms with Crippen LogP contribution in [0.25, 0.3) is 0 Å². The molecule has 1 heterocycles. The number of nitrogens with two attached hydrogens (primary N) is 1. The van der Waals surface area contributed by atoms with E-state index in [1.165, 1.54) is 43.1 Å². The lowest BCUT2D eigenvalue weighted by Crippen LogP contribution is -2.15. The highest BCUT2D eigenvalue weighted by Crippen LogP contribution is 2.34. The van der Waals surface area contributed by atoms with Gasteiger partial charge in [-0.25, -0.2) is 0 Å². The summed E-state index contributed by atoms with van der Waals surface area (Å²) in [4.78, 5) is 2.64. The molecule has 1 nitrogen and oxygen atoms in total. The number of aryl methyl sites for hydroxylation is 4. The molecule has 0 spiro atoms. The first-order chi connectivity index (χ1) is 8.82. The first-order valence-corrected chi connectivity index (χ1v) is 7.54. The quantitative estimate of drug-likeness (QED) is 0.847. The third-order valence-corrected chi connectivity index (χ3v) is 5.46. The smallest absolute Gasteiger partial charge is 0.0651 e. The topological polar surface area (TPSA) is 26.0 Å². The van der Waals surface area contributed by atoms with E-state index < -0.39 is 0 Å². The summed E-state index contributed by atoms with van der Waals surface area (Å²) >= 11 is 1.82. The van der Waals surface area contributed by atoms with Crippen LogP contribution >= 0.6 is 11.3 Å². The van der Waals surface area contributed by atoms with Gasteiger partial charge < -0.3 is 5.73 Å². The summed E-state index contributed by atoms with van der Waals surface area (Å²) < 4.78 is 0. The predicted octanol–water partition coefficient (Wildman–Crippen LogP) is 4.65. The highest BCUT2D eigenvalue weighted by molar-refractivity contribution is 7.12. The third-order valence-electron chi connectivity index (χ3n) is 4.23. The van der Waals surface area contributed by atoms with Crippen LogP contribution in [0.15, 0.2) is 12.1 Å². The fourth-order valence-corrected chi connectivity index (χ4v) is 3.67. The number of benzene rings is 1. The molecule has 2 rings (SSSR count). The van der Waals surface area contributed by atoms with Gasteiger partial charge in [-0.15, -0.1) is 11.3 Å². The second kappa shape index (κ2) is 5.10. The van der Waals surface area contributed by atoms with E-state index in [2.05, 4.69) is 53.7 Å². The van der Waals surface area contributed by atoms with Crippen molar-refractivity contribution in [2.24, 2.45) is 5.73 Å². The van der Waals surface area contributed by atoms with Crippen LogP contribution in [-0.2, 0) is 0 Å². The van der Waals surface area contributed by atoms with Crippen molar-refractivity contribution in [1.82, 2.24) is 0 Å². The summed E-state index contributed by atoms with van der Waals surface area (Å²) in [7, 11) is 0. The molecule has 2 heteroatoms. The van der Waals surface area contributed by atoms with Crippen molar-refractivity contribution in [3.05, 3.63) is 55.3 Å². The van der Waals surface area contributed by atoms with Gasteiger partial charge in [0.1, 0.15) is 0 Å². The fraction of sp³-hybridized carbons (Fsp3) is 0.412. The normalized spacial score (nSPS) is 12.8. The van der Waals surface area contributed by atoms with E-state index in [9.17, 15) is 0 Å². The van der Waals surface area contributed by atoms with Crippen molar-refractivity contribution in [3.63, 3.8) is 0 Å². The molecule has 19 heavy (non-hydrogen) atoms. The summed E-state index contributed by atoms with van der Waals surface area (Å²) in [6.07, 6.45) is 0. The van der Waals surface area contributed by atoms with Crippen molar-refractivity contribution in [2.45, 2.75) is 47.6 Å². The summed E-state index contributed by atoms with van der Waals surface area (Å²) in [6.45, 7) is 13.0. The Hall–Kier alpha value is -1.12. The molecule has 1 aromatic carbocycles. The summed E-state index contributed by atoms with van der Waals surface area (Å²) in [5.74, 6) is 0. The van der Waals surface area contributed by atoms with E-state index in [1.54, 1.807) is 0 Å². The molecular weight excluding hydrogens is 250 g/mol. The Labute approximate surface area is 120 Å². The van der Waals surface area contributed by atoms with Gasteiger partial charge in [0.25, 0.3) is 0 Å². The summed E-state index contributed by atoms with van der Waals surface area (Å²) in [5.41, 5.74) is 14.5. The first-order valence-electron chi connectivity index (χ1n) is 6.72. The van der Waals surface area contributed by atoms with Crippen LogP contribution in [0.3, 0.4) is 0 Å². The number of rotatable bonds is 2. The number of hydrogen-bond acceptors (Lipinski definition) is 2. The van der Waals surface area contributed by atoms with Gasteiger partial charge in [0.15, 0.2) is 0 Å². The Morgan fingerprint density at radius 2 is 1.37 bits per heavy atom. The van der Waals surface area contributed by atoms with E-state index in [-0.39, 0.29) is 6.04 Å². The lowest BCUT2D eigenvalue weighted by molar-refractivity contribution is 0.863. The predicted molar refractivity (Wildman–Crippen MR) is 85.2 cm³/mol. The monoisotopic (exact) mass is 273 g/mol. The Bertz CT molecular complexity index is 577. The molecule has 2 N–H and O–H groups in total. The van der Waals surface area contributed by atoms with Crippen LogP contribution in [0.4, 0.5) is 0 Å². The second-order valence-corrected chi connectivity index (χ2v) is 6.83. The maximum absolute atomic E-state index is 6.55. The zero-order chi connectivity index (χ0) is 14.3. The van der Waals surface area contributed by atoms with Crippen LogP contribution in [0.1, 0.15) is 49.2 Å². The molecule has 0 aliphatic carbocycles. The Morgan fingerprint density at radius 1 is 0.842 bits per heavy atom. The fourth-order valence-electron chi connectivity index (χ4n) is 2.61. The largest absolute Gasteiger partial charge is 0.320 e. The number of thiophene rings is 1. The second-order valence-electron chi connectivity index (χ2n) is 5.54. The molecule has 1 atom stereocenters. The van der Waals surface area contributed by atoms with E-state index in [0.717, 1.165) is 0 Å². The Morgan fingerprint density at radius 3 is 1.79 bits per heavy atom. The molecule has 0 aliphatic rings. The van der Waals surface area contributed by atoms with Crippen molar-refractivity contribution in [1.29, 1.82) is 0 Å². The van der Waals surface area contributed by atoms with Crippen molar-refractivity contribution >= 4 is 11.3 Å². The van der Waals surface area contributed by atoms with Gasteiger partial charge in [0, 0.05) is 9.75 Å². The Kier molecular flexibility index (Phi) is 3.84. The molecule has 0 aliphatic heterocycles. The molecule has 0 radical (unpaired) electrons. The lowest BCUT2D eigenvalue weighted by atomic mass is 9.89. The van der Waals surface area contributed by atoms with Crippen LogP contribution in [-0.4, -0.2) is 0 Å². The lowest BCUT2D eigenvalue weighted by Gasteiger charge is -2.20. The van der Waals surface area contributed by atoms with Crippen LogP contribution in [0.2, 0.25) is 0 Å². The molecule has 0 amide bonds. The minimum atomic E-state index is -0.00370. The molecule has 1 unspecified atom stereocenters. The molecule has 0 saturated carbocycles. The van der Waals surface area contributed by atoms with E-state index >= 15 is 0 Å². The third kappa shape index (κ3) is 2.47. The van der Waals surface area contributed by atoms with Gasteiger partial charge in [0.05, 0.1) is 6.04 Å². The molecule has 0 saturated heterocycles. The van der Waals surface area contributed by atoms with Crippen LogP contribution in [0, 0.1) is 41.5 Å². The SMILES string of the molecule is Cc1cc(C(N)c2c(C)c(C)cc(C)c2C)sc1C. The van der Waals surface area contributed by atoms with E-state index in [1.807, 2.05) is 11.3 Å². The average molecular weight is 273 g/mol. The first kappa shape index (κ1) is 14.3. The van der Waals surface area contributed by atoms with Crippen molar-refractivity contribution in [3.8, 4) is 0 Å². The van der Waals surface area contributed by atoms with Crippen molar-refractivity contribution < 1.29 is 0 Å². The Balaban J connectivity index is 2.58. The minimum Gasteiger partial charge on any atom is -0.320 e. The van der Waals surface area contributed by atoms with Gasteiger partial charge >= 0.3 is 0 Å². The highest BCUT2D eigenvalue weighted by atomic mass is 32.1. The molecular formula is C17H23NS. The zero-order valence-electron chi connectivity index (χ0n) is 12.7. The zero-order valence-corrected chi connectivity index (χ0v) is 13.5. The molecule has 0 bridgehead atoms. The van der Waals surface area contributed by atoms with E-state index in [4.69, 9.17) is 5.73 Å². The molecule has 1 aromatic heterocycles. The summed E-state index contributed by atoms with van der Waals surface area (Å²) in [6, 6.07) is 4.49. The van der Waals surface area contributed by atoms with E-state index in [0.29, 0.717) is 0 Å². The highest BCUT2D eigenvalue weighted by Gasteiger charge is 2.19. The van der Waals surface area contributed by atoms with Gasteiger partial charge in [-0.1, -0.05) is 6.07 Å². The maximum atomic E-state index is 6.55. The van der Waals surface area contributed by atoms with Crippen LogP contribution < -0.4 is 5.73 Å². The van der Waals surface area contributed by atoms with Gasteiger partial charge in [0.2, 0.25) is 0 Å². The minimum absolute atomic E-state index is 0.00370. The molecule has 102 valence electrons. The average Bonchev–Trinajstić information content (AvgIpc) is 2.67. The standard InChI is InChI=1S/C17H23NS/c1-9-7-10(2)13(5)16(12(9)4)17(18)15-8-11(3)14(6)19-15/h7-8,17H,18H2,1-6H3. The maximum Gasteiger partial charge on any atom is 0.0651 e.